The van der Waals surface area contributed by atoms with Crippen LogP contribution in [-0.4, -0.2) is 19.1 Å². The number of rotatable bonds is 2. The van der Waals surface area contributed by atoms with Gasteiger partial charge in [-0.2, -0.15) is 0 Å². The lowest BCUT2D eigenvalue weighted by Crippen LogP contribution is -2.26. The molecule has 0 aromatic rings. The van der Waals surface area contributed by atoms with Crippen LogP contribution in [0.15, 0.2) is 0 Å². The Hall–Kier alpha value is -0.0800. The van der Waals surface area contributed by atoms with Crippen molar-refractivity contribution in [1.82, 2.24) is 5.32 Å². The summed E-state index contributed by atoms with van der Waals surface area (Å²) in [6.07, 6.45) is 1.27. The van der Waals surface area contributed by atoms with Crippen LogP contribution < -0.4 is 11.1 Å². The fourth-order valence-electron chi connectivity index (χ4n) is 1.53. The van der Waals surface area contributed by atoms with Crippen LogP contribution in [0, 0.1) is 11.8 Å². The second-order valence-electron chi connectivity index (χ2n) is 3.60. The first-order valence-electron chi connectivity index (χ1n) is 4.17. The van der Waals surface area contributed by atoms with Crippen LogP contribution in [0.25, 0.3) is 0 Å². The van der Waals surface area contributed by atoms with Gasteiger partial charge in [0.15, 0.2) is 0 Å². The molecule has 2 heteroatoms. The van der Waals surface area contributed by atoms with E-state index in [9.17, 15) is 0 Å². The maximum atomic E-state index is 5.56. The summed E-state index contributed by atoms with van der Waals surface area (Å²) in [7, 11) is 0. The topological polar surface area (TPSA) is 38.0 Å². The first-order chi connectivity index (χ1) is 4.74. The summed E-state index contributed by atoms with van der Waals surface area (Å²) in [5, 5.41) is 3.48. The molecule has 0 aliphatic carbocycles. The molecule has 0 unspecified atom stereocenters. The molecule has 0 amide bonds. The number of hydrogen-bond donors (Lipinski definition) is 2. The molecule has 2 nitrogen and oxygen atoms in total. The molecule has 2 atom stereocenters. The summed E-state index contributed by atoms with van der Waals surface area (Å²) in [4.78, 5) is 0. The highest BCUT2D eigenvalue weighted by molar-refractivity contribution is 4.83. The number of nitrogens with one attached hydrogen (secondary N) is 1. The minimum Gasteiger partial charge on any atom is -0.330 e. The second-order valence-corrected chi connectivity index (χ2v) is 3.60. The van der Waals surface area contributed by atoms with Crippen molar-refractivity contribution in [2.45, 2.75) is 26.3 Å². The second kappa shape index (κ2) is 3.35. The standard InChI is InChI=1S/C8H18N2/c1-6(2)8-3-7(4-9)5-10-8/h6-8,10H,3-5,9H2,1-2H3/t7-,8+/m0/s1. The van der Waals surface area contributed by atoms with Crippen LogP contribution in [-0.2, 0) is 0 Å². The summed E-state index contributed by atoms with van der Waals surface area (Å²) < 4.78 is 0. The molecular weight excluding hydrogens is 124 g/mol. The Morgan fingerprint density at radius 1 is 1.60 bits per heavy atom. The smallest absolute Gasteiger partial charge is 0.00937 e. The van der Waals surface area contributed by atoms with E-state index in [-0.39, 0.29) is 0 Å². The number of hydrogen-bond acceptors (Lipinski definition) is 2. The van der Waals surface area contributed by atoms with E-state index in [1.807, 2.05) is 0 Å². The van der Waals surface area contributed by atoms with Crippen LogP contribution >= 0.6 is 0 Å². The van der Waals surface area contributed by atoms with Gasteiger partial charge < -0.3 is 11.1 Å². The fourth-order valence-corrected chi connectivity index (χ4v) is 1.53. The van der Waals surface area contributed by atoms with Crippen molar-refractivity contribution >= 4 is 0 Å². The highest BCUT2D eigenvalue weighted by Gasteiger charge is 2.24. The maximum absolute atomic E-state index is 5.56. The van der Waals surface area contributed by atoms with Crippen molar-refractivity contribution in [1.29, 1.82) is 0 Å². The van der Waals surface area contributed by atoms with E-state index < -0.39 is 0 Å². The van der Waals surface area contributed by atoms with E-state index in [0.29, 0.717) is 6.04 Å². The van der Waals surface area contributed by atoms with Gasteiger partial charge in [0.2, 0.25) is 0 Å². The maximum Gasteiger partial charge on any atom is 0.00937 e. The average molecular weight is 142 g/mol. The third-order valence-corrected chi connectivity index (χ3v) is 2.39. The number of nitrogens with two attached hydrogens (primary N) is 1. The summed E-state index contributed by atoms with van der Waals surface area (Å²) in [5.41, 5.74) is 5.56. The molecule has 0 aromatic carbocycles. The first-order valence-corrected chi connectivity index (χ1v) is 4.17. The average Bonchev–Trinajstić information content (AvgIpc) is 2.34. The lowest BCUT2D eigenvalue weighted by Gasteiger charge is -2.13. The Bertz CT molecular complexity index is 101. The van der Waals surface area contributed by atoms with Gasteiger partial charge in [-0.3, -0.25) is 0 Å². The molecule has 0 spiro atoms. The molecule has 60 valence electrons. The molecule has 0 radical (unpaired) electrons. The summed E-state index contributed by atoms with van der Waals surface area (Å²) in [6.45, 7) is 6.49. The Balaban J connectivity index is 2.28. The van der Waals surface area contributed by atoms with E-state index in [0.717, 1.165) is 24.9 Å². The Morgan fingerprint density at radius 2 is 2.30 bits per heavy atom. The van der Waals surface area contributed by atoms with Crippen LogP contribution in [0.4, 0.5) is 0 Å². The monoisotopic (exact) mass is 142 g/mol. The molecule has 1 aliphatic heterocycles. The van der Waals surface area contributed by atoms with Crippen molar-refractivity contribution in [2.75, 3.05) is 13.1 Å². The van der Waals surface area contributed by atoms with Crippen molar-refractivity contribution in [3.8, 4) is 0 Å². The van der Waals surface area contributed by atoms with Crippen LogP contribution in [0.2, 0.25) is 0 Å². The normalized spacial score (nSPS) is 33.6. The molecule has 0 bridgehead atoms. The van der Waals surface area contributed by atoms with E-state index >= 15 is 0 Å². The minimum atomic E-state index is 0.716. The summed E-state index contributed by atoms with van der Waals surface area (Å²) in [6, 6.07) is 0.716. The van der Waals surface area contributed by atoms with Gasteiger partial charge in [0.25, 0.3) is 0 Å². The molecule has 1 rings (SSSR count). The quantitative estimate of drug-likeness (QED) is 0.592. The third kappa shape index (κ3) is 1.70. The largest absolute Gasteiger partial charge is 0.330 e. The van der Waals surface area contributed by atoms with Gasteiger partial charge in [0.1, 0.15) is 0 Å². The zero-order valence-corrected chi connectivity index (χ0v) is 6.93. The fraction of sp³-hybridized carbons (Fsp3) is 1.00. The Kier molecular flexibility index (Phi) is 2.69. The van der Waals surface area contributed by atoms with Crippen LogP contribution in [0.1, 0.15) is 20.3 Å². The van der Waals surface area contributed by atoms with Crippen LogP contribution in [0.5, 0.6) is 0 Å². The summed E-state index contributed by atoms with van der Waals surface area (Å²) in [5.74, 6) is 1.49. The van der Waals surface area contributed by atoms with Crippen molar-refractivity contribution in [2.24, 2.45) is 17.6 Å². The molecule has 0 aromatic heterocycles. The highest BCUT2D eigenvalue weighted by atomic mass is 15.0. The van der Waals surface area contributed by atoms with Crippen molar-refractivity contribution in [3.05, 3.63) is 0 Å². The zero-order valence-electron chi connectivity index (χ0n) is 6.93. The van der Waals surface area contributed by atoms with Crippen molar-refractivity contribution in [3.63, 3.8) is 0 Å². The van der Waals surface area contributed by atoms with E-state index in [2.05, 4.69) is 19.2 Å². The van der Waals surface area contributed by atoms with Gasteiger partial charge in [-0.1, -0.05) is 13.8 Å². The predicted octanol–water partition coefficient (Wildman–Crippen LogP) is 0.579. The highest BCUT2D eigenvalue weighted by Crippen LogP contribution is 2.18. The van der Waals surface area contributed by atoms with Gasteiger partial charge in [0, 0.05) is 6.04 Å². The van der Waals surface area contributed by atoms with Crippen molar-refractivity contribution < 1.29 is 0 Å². The molecule has 3 N–H and O–H groups in total. The minimum absolute atomic E-state index is 0.716. The van der Waals surface area contributed by atoms with E-state index in [4.69, 9.17) is 5.73 Å². The SMILES string of the molecule is CC(C)[C@H]1C[C@@H](CN)CN1. The molecule has 10 heavy (non-hydrogen) atoms. The molecule has 1 aliphatic rings. The van der Waals surface area contributed by atoms with Gasteiger partial charge in [0.05, 0.1) is 0 Å². The molecular formula is C8H18N2. The molecule has 0 saturated carbocycles. The molecule has 1 fully saturated rings. The van der Waals surface area contributed by atoms with Crippen LogP contribution in [0.3, 0.4) is 0 Å². The van der Waals surface area contributed by atoms with Gasteiger partial charge in [-0.05, 0) is 31.3 Å². The Labute approximate surface area is 63.2 Å². The molecule has 1 heterocycles. The van der Waals surface area contributed by atoms with Gasteiger partial charge >= 0.3 is 0 Å². The van der Waals surface area contributed by atoms with Gasteiger partial charge in [-0.15, -0.1) is 0 Å². The lowest BCUT2D eigenvalue weighted by atomic mass is 9.98. The van der Waals surface area contributed by atoms with E-state index in [1.54, 1.807) is 0 Å². The summed E-state index contributed by atoms with van der Waals surface area (Å²) >= 11 is 0. The molecule has 1 saturated heterocycles. The lowest BCUT2D eigenvalue weighted by molar-refractivity contribution is 0.440. The first kappa shape index (κ1) is 8.02. The zero-order chi connectivity index (χ0) is 7.56. The van der Waals surface area contributed by atoms with Gasteiger partial charge in [-0.25, -0.2) is 0 Å². The third-order valence-electron chi connectivity index (χ3n) is 2.39. The van der Waals surface area contributed by atoms with E-state index in [1.165, 1.54) is 6.42 Å². The Morgan fingerprint density at radius 3 is 2.60 bits per heavy atom. The predicted molar refractivity (Wildman–Crippen MR) is 43.8 cm³/mol.